The quantitative estimate of drug-likeness (QED) is 0.580. The zero-order valence-corrected chi connectivity index (χ0v) is 19.8. The van der Waals surface area contributed by atoms with Crippen LogP contribution in [0.25, 0.3) is 0 Å². The number of methoxy groups -OCH3 is 1. The van der Waals surface area contributed by atoms with Gasteiger partial charge in [0.05, 0.1) is 12.7 Å². The number of Topliss-reactive ketones (excluding diaryl/α,β-unsaturated/α-hetero) is 1. The van der Waals surface area contributed by atoms with Crippen LogP contribution in [0.5, 0.6) is 11.5 Å². The number of benzene rings is 1. The first-order valence-electron chi connectivity index (χ1n) is 11.6. The monoisotopic (exact) mass is 438 g/mol. The Bertz CT molecular complexity index is 1030. The summed E-state index contributed by atoms with van der Waals surface area (Å²) in [6, 6.07) is 1.42. The van der Waals surface area contributed by atoms with Crippen LogP contribution in [0.1, 0.15) is 92.5 Å². The van der Waals surface area contributed by atoms with Crippen LogP contribution in [0.3, 0.4) is 0 Å². The number of carbonyl (C=O) groups excluding carboxylic acids is 2. The van der Waals surface area contributed by atoms with Crippen LogP contribution < -0.4 is 4.74 Å². The summed E-state index contributed by atoms with van der Waals surface area (Å²) in [5.41, 5.74) is 2.07. The number of allylic oxidation sites excluding steroid dienone is 3. The third kappa shape index (κ3) is 3.28. The van der Waals surface area contributed by atoms with Crippen LogP contribution in [0.15, 0.2) is 30.1 Å². The first kappa shape index (κ1) is 22.6. The fourth-order valence-corrected chi connectivity index (χ4v) is 6.24. The van der Waals surface area contributed by atoms with Crippen molar-refractivity contribution in [1.29, 1.82) is 0 Å². The van der Waals surface area contributed by atoms with Crippen molar-refractivity contribution in [1.82, 2.24) is 0 Å². The summed E-state index contributed by atoms with van der Waals surface area (Å²) in [6.07, 6.45) is 6.94. The van der Waals surface area contributed by atoms with E-state index in [1.54, 1.807) is 0 Å². The standard InChI is InChI=1S/C27H34O5/c1-7-21-27(5,12-10-17-15(2)9-8-11-26(17,3)4)23-19(29)13-16-22(25(23)32-21)18(28)14-20(31-6)24(16)30/h13-14,17,21,29H,2,7-12H2,1,3-6H3/t17-,21-,27-/m1/s1. The van der Waals surface area contributed by atoms with E-state index in [0.717, 1.165) is 25.7 Å². The van der Waals surface area contributed by atoms with E-state index in [4.69, 9.17) is 9.47 Å². The van der Waals surface area contributed by atoms with Gasteiger partial charge in [-0.15, -0.1) is 0 Å². The largest absolute Gasteiger partial charge is 0.507 e. The van der Waals surface area contributed by atoms with Crippen molar-refractivity contribution in [3.63, 3.8) is 0 Å². The first-order chi connectivity index (χ1) is 15.0. The Morgan fingerprint density at radius 1 is 1.28 bits per heavy atom. The van der Waals surface area contributed by atoms with Crippen LogP contribution >= 0.6 is 0 Å². The second-order valence-corrected chi connectivity index (χ2v) is 10.5. The average molecular weight is 439 g/mol. The molecule has 172 valence electrons. The highest BCUT2D eigenvalue weighted by molar-refractivity contribution is 6.25. The van der Waals surface area contributed by atoms with Crippen molar-refractivity contribution in [3.05, 3.63) is 46.7 Å². The molecule has 1 aromatic carbocycles. The molecular weight excluding hydrogens is 404 g/mol. The molecule has 1 heterocycles. The Morgan fingerprint density at radius 3 is 2.62 bits per heavy atom. The van der Waals surface area contributed by atoms with E-state index >= 15 is 0 Å². The number of aromatic hydroxyl groups is 1. The highest BCUT2D eigenvalue weighted by atomic mass is 16.5. The number of hydrogen-bond acceptors (Lipinski definition) is 5. The van der Waals surface area contributed by atoms with Crippen molar-refractivity contribution in [2.24, 2.45) is 11.3 Å². The Balaban J connectivity index is 1.76. The van der Waals surface area contributed by atoms with Gasteiger partial charge in [0.25, 0.3) is 0 Å². The number of hydrogen-bond donors (Lipinski definition) is 1. The smallest absolute Gasteiger partial charge is 0.228 e. The molecule has 0 unspecified atom stereocenters. The molecule has 0 bridgehead atoms. The van der Waals surface area contributed by atoms with Gasteiger partial charge < -0.3 is 14.6 Å². The first-order valence-corrected chi connectivity index (χ1v) is 11.6. The SMILES string of the molecule is C=C1CCCC(C)(C)[C@@H]1CC[C@@]1(C)c2c(O)cc3c(c2O[C@@H]1CC)C(=O)C=C(OC)C3=O. The number of ketones is 2. The second-order valence-electron chi connectivity index (χ2n) is 10.5. The molecule has 0 radical (unpaired) electrons. The predicted octanol–water partition coefficient (Wildman–Crippen LogP) is 5.89. The normalized spacial score (nSPS) is 28.7. The molecule has 0 spiro atoms. The number of carbonyl (C=O) groups is 2. The number of phenolic OH excluding ortho intramolecular Hbond substituents is 1. The van der Waals surface area contributed by atoms with Crippen LogP contribution in [0.2, 0.25) is 0 Å². The molecule has 4 rings (SSSR count). The lowest BCUT2D eigenvalue weighted by molar-refractivity contribution is 0.0910. The minimum absolute atomic E-state index is 0.0115. The molecular formula is C27H34O5. The van der Waals surface area contributed by atoms with E-state index in [1.165, 1.54) is 37.7 Å². The lowest BCUT2D eigenvalue weighted by atomic mass is 9.62. The highest BCUT2D eigenvalue weighted by Crippen LogP contribution is 2.56. The number of phenols is 1. The molecule has 2 aliphatic carbocycles. The van der Waals surface area contributed by atoms with Gasteiger partial charge >= 0.3 is 0 Å². The number of fused-ring (bicyclic) bond motifs is 3. The van der Waals surface area contributed by atoms with Gasteiger partial charge in [0.2, 0.25) is 5.78 Å². The van der Waals surface area contributed by atoms with Crippen LogP contribution in [0, 0.1) is 11.3 Å². The molecule has 0 amide bonds. The fourth-order valence-electron chi connectivity index (χ4n) is 6.24. The maximum atomic E-state index is 12.9. The highest BCUT2D eigenvalue weighted by Gasteiger charge is 2.50. The van der Waals surface area contributed by atoms with E-state index < -0.39 is 11.2 Å². The summed E-state index contributed by atoms with van der Waals surface area (Å²) in [6.45, 7) is 13.2. The van der Waals surface area contributed by atoms with Crippen molar-refractivity contribution >= 4 is 11.6 Å². The Hall–Kier alpha value is -2.56. The molecule has 0 aromatic heterocycles. The summed E-state index contributed by atoms with van der Waals surface area (Å²) in [7, 11) is 1.36. The van der Waals surface area contributed by atoms with Gasteiger partial charge in [0, 0.05) is 22.6 Å². The third-order valence-electron chi connectivity index (χ3n) is 8.08. The van der Waals surface area contributed by atoms with Crippen molar-refractivity contribution in [2.75, 3.05) is 7.11 Å². The van der Waals surface area contributed by atoms with Gasteiger partial charge in [-0.2, -0.15) is 0 Å². The Kier molecular flexibility index (Phi) is 5.51. The van der Waals surface area contributed by atoms with Gasteiger partial charge in [-0.25, -0.2) is 0 Å². The molecule has 1 saturated carbocycles. The van der Waals surface area contributed by atoms with Crippen LogP contribution in [-0.4, -0.2) is 29.9 Å². The summed E-state index contributed by atoms with van der Waals surface area (Å²) in [5.74, 6) is 0.0232. The zero-order chi connectivity index (χ0) is 23.4. The molecule has 5 nitrogen and oxygen atoms in total. The van der Waals surface area contributed by atoms with Gasteiger partial charge in [0.15, 0.2) is 11.5 Å². The topological polar surface area (TPSA) is 72.8 Å². The van der Waals surface area contributed by atoms with Crippen LogP contribution in [0.4, 0.5) is 0 Å². The predicted molar refractivity (Wildman–Crippen MR) is 123 cm³/mol. The van der Waals surface area contributed by atoms with Gasteiger partial charge in [-0.3, -0.25) is 9.59 Å². The van der Waals surface area contributed by atoms with Crippen molar-refractivity contribution in [2.45, 2.75) is 77.7 Å². The second kappa shape index (κ2) is 7.79. The van der Waals surface area contributed by atoms with Gasteiger partial charge in [-0.05, 0) is 55.9 Å². The Labute approximate surface area is 190 Å². The number of rotatable bonds is 5. The minimum atomic E-state index is -0.467. The Morgan fingerprint density at radius 2 is 2.00 bits per heavy atom. The van der Waals surface area contributed by atoms with E-state index in [9.17, 15) is 14.7 Å². The van der Waals surface area contributed by atoms with Crippen molar-refractivity contribution in [3.8, 4) is 11.5 Å². The van der Waals surface area contributed by atoms with Crippen molar-refractivity contribution < 1.29 is 24.2 Å². The lowest BCUT2D eigenvalue weighted by Crippen LogP contribution is -2.37. The molecule has 32 heavy (non-hydrogen) atoms. The molecule has 1 N–H and O–H groups in total. The third-order valence-corrected chi connectivity index (χ3v) is 8.08. The van der Waals surface area contributed by atoms with E-state index in [1.807, 2.05) is 0 Å². The molecule has 3 atom stereocenters. The van der Waals surface area contributed by atoms with Gasteiger partial charge in [-0.1, -0.05) is 39.8 Å². The summed E-state index contributed by atoms with van der Waals surface area (Å²) >= 11 is 0. The van der Waals surface area contributed by atoms with E-state index in [0.29, 0.717) is 17.2 Å². The van der Waals surface area contributed by atoms with Crippen LogP contribution in [-0.2, 0) is 10.2 Å². The minimum Gasteiger partial charge on any atom is -0.507 e. The number of ether oxygens (including phenoxy) is 2. The zero-order valence-electron chi connectivity index (χ0n) is 19.8. The van der Waals surface area contributed by atoms with E-state index in [2.05, 4.69) is 34.3 Å². The summed E-state index contributed by atoms with van der Waals surface area (Å²) in [5, 5.41) is 11.1. The lowest BCUT2D eigenvalue weighted by Gasteiger charge is -2.42. The molecule has 1 aliphatic heterocycles. The summed E-state index contributed by atoms with van der Waals surface area (Å²) in [4.78, 5) is 25.7. The van der Waals surface area contributed by atoms with Gasteiger partial charge in [0.1, 0.15) is 17.6 Å². The molecule has 1 fully saturated rings. The molecule has 5 heteroatoms. The molecule has 3 aliphatic rings. The van der Waals surface area contributed by atoms with E-state index in [-0.39, 0.29) is 39.9 Å². The maximum absolute atomic E-state index is 12.9. The average Bonchev–Trinajstić information content (AvgIpc) is 3.02. The fraction of sp³-hybridized carbons (Fsp3) is 0.556. The molecule has 0 saturated heterocycles. The summed E-state index contributed by atoms with van der Waals surface area (Å²) < 4.78 is 11.4. The molecule has 1 aromatic rings. The maximum Gasteiger partial charge on any atom is 0.228 e.